The third-order valence-corrected chi connectivity index (χ3v) is 1.49. The number of alkyl halides is 4. The summed E-state index contributed by atoms with van der Waals surface area (Å²) in [5.41, 5.74) is 0. The van der Waals surface area contributed by atoms with Gasteiger partial charge in [0.15, 0.2) is 0 Å². The molecule has 0 saturated heterocycles. The second kappa shape index (κ2) is 7.39. The van der Waals surface area contributed by atoms with Crippen molar-refractivity contribution in [3.8, 4) is 0 Å². The van der Waals surface area contributed by atoms with Crippen LogP contribution in [0.25, 0.3) is 0 Å². The SMILES string of the molecule is O=C(CCOCC(F)F)NCC(F)(F)CO. The molecule has 0 aromatic rings. The summed E-state index contributed by atoms with van der Waals surface area (Å²) in [5, 5.41) is 10.0. The summed E-state index contributed by atoms with van der Waals surface area (Å²) in [6.45, 7) is -3.41. The average molecular weight is 247 g/mol. The van der Waals surface area contributed by atoms with Gasteiger partial charge in [0.1, 0.15) is 13.2 Å². The third-order valence-electron chi connectivity index (χ3n) is 1.49. The van der Waals surface area contributed by atoms with E-state index < -0.39 is 38.0 Å². The highest BCUT2D eigenvalue weighted by molar-refractivity contribution is 5.75. The Balaban J connectivity index is 3.52. The standard InChI is InChI=1S/C8H13F4NO3/c9-6(10)3-16-2-1-7(15)13-4-8(11,12)5-14/h6,14H,1-5H2,(H,13,15). The van der Waals surface area contributed by atoms with Crippen LogP contribution in [0.2, 0.25) is 0 Å². The lowest BCUT2D eigenvalue weighted by molar-refractivity contribution is -0.125. The summed E-state index contributed by atoms with van der Waals surface area (Å²) in [7, 11) is 0. The van der Waals surface area contributed by atoms with E-state index in [2.05, 4.69) is 4.74 Å². The molecule has 96 valence electrons. The Hall–Kier alpha value is -0.890. The fourth-order valence-electron chi connectivity index (χ4n) is 0.709. The molecule has 0 saturated carbocycles. The topological polar surface area (TPSA) is 58.6 Å². The molecule has 0 aromatic heterocycles. The van der Waals surface area contributed by atoms with Crippen molar-refractivity contribution < 1.29 is 32.2 Å². The van der Waals surface area contributed by atoms with E-state index in [9.17, 15) is 22.4 Å². The zero-order valence-electron chi connectivity index (χ0n) is 8.39. The van der Waals surface area contributed by atoms with E-state index in [1.54, 1.807) is 0 Å². The molecule has 0 aliphatic carbocycles. The fraction of sp³-hybridized carbons (Fsp3) is 0.875. The van der Waals surface area contributed by atoms with Gasteiger partial charge in [0.05, 0.1) is 13.2 Å². The van der Waals surface area contributed by atoms with Crippen molar-refractivity contribution >= 4 is 5.91 Å². The molecule has 0 heterocycles. The van der Waals surface area contributed by atoms with E-state index in [0.717, 1.165) is 0 Å². The van der Waals surface area contributed by atoms with Crippen molar-refractivity contribution in [3.05, 3.63) is 0 Å². The first-order chi connectivity index (χ1) is 7.37. The van der Waals surface area contributed by atoms with E-state index >= 15 is 0 Å². The Kier molecular flexibility index (Phi) is 6.98. The van der Waals surface area contributed by atoms with Gasteiger partial charge in [-0.2, -0.15) is 0 Å². The zero-order chi connectivity index (χ0) is 12.6. The Labute approximate surface area is 89.6 Å². The van der Waals surface area contributed by atoms with E-state index in [-0.39, 0.29) is 13.0 Å². The number of carbonyl (C=O) groups is 1. The van der Waals surface area contributed by atoms with Crippen LogP contribution in [-0.2, 0) is 9.53 Å². The van der Waals surface area contributed by atoms with Crippen molar-refractivity contribution in [2.24, 2.45) is 0 Å². The number of hydrogen-bond acceptors (Lipinski definition) is 3. The van der Waals surface area contributed by atoms with Crippen LogP contribution >= 0.6 is 0 Å². The number of halogens is 4. The van der Waals surface area contributed by atoms with Crippen molar-refractivity contribution in [2.75, 3.05) is 26.4 Å². The molecular weight excluding hydrogens is 234 g/mol. The van der Waals surface area contributed by atoms with Crippen molar-refractivity contribution in [2.45, 2.75) is 18.8 Å². The Morgan fingerprint density at radius 1 is 1.44 bits per heavy atom. The summed E-state index contributed by atoms with van der Waals surface area (Å²) in [6.07, 6.45) is -2.91. The molecule has 16 heavy (non-hydrogen) atoms. The minimum atomic E-state index is -3.38. The monoisotopic (exact) mass is 247 g/mol. The highest BCUT2D eigenvalue weighted by Gasteiger charge is 2.27. The molecule has 8 heteroatoms. The van der Waals surface area contributed by atoms with Gasteiger partial charge in [-0.3, -0.25) is 4.79 Å². The number of aliphatic hydroxyl groups excluding tert-OH is 1. The lowest BCUT2D eigenvalue weighted by Crippen LogP contribution is -2.39. The molecule has 2 N–H and O–H groups in total. The maximum Gasteiger partial charge on any atom is 0.287 e. The van der Waals surface area contributed by atoms with Gasteiger partial charge in [-0.1, -0.05) is 0 Å². The smallest absolute Gasteiger partial charge is 0.287 e. The van der Waals surface area contributed by atoms with Crippen molar-refractivity contribution in [1.82, 2.24) is 5.32 Å². The van der Waals surface area contributed by atoms with E-state index in [0.29, 0.717) is 0 Å². The Bertz CT molecular complexity index is 213. The largest absolute Gasteiger partial charge is 0.390 e. The number of hydrogen-bond donors (Lipinski definition) is 2. The quantitative estimate of drug-likeness (QED) is 0.482. The maximum atomic E-state index is 12.4. The van der Waals surface area contributed by atoms with Gasteiger partial charge in [0.25, 0.3) is 12.3 Å². The average Bonchev–Trinajstić information content (AvgIpc) is 2.21. The molecule has 0 fully saturated rings. The van der Waals surface area contributed by atoms with Crippen LogP contribution in [-0.4, -0.2) is 49.7 Å². The van der Waals surface area contributed by atoms with E-state index in [4.69, 9.17) is 5.11 Å². The molecule has 0 aliphatic rings. The van der Waals surface area contributed by atoms with Crippen LogP contribution < -0.4 is 5.32 Å². The highest BCUT2D eigenvalue weighted by atomic mass is 19.3. The Morgan fingerprint density at radius 2 is 2.06 bits per heavy atom. The molecule has 0 aromatic carbocycles. The minimum Gasteiger partial charge on any atom is -0.390 e. The summed E-state index contributed by atoms with van der Waals surface area (Å²) in [6, 6.07) is 0. The molecule has 0 bridgehead atoms. The lowest BCUT2D eigenvalue weighted by atomic mass is 10.3. The summed E-state index contributed by atoms with van der Waals surface area (Å²) >= 11 is 0. The van der Waals surface area contributed by atoms with E-state index in [1.807, 2.05) is 5.32 Å². The van der Waals surface area contributed by atoms with Gasteiger partial charge < -0.3 is 15.2 Å². The van der Waals surface area contributed by atoms with Gasteiger partial charge in [-0.25, -0.2) is 17.6 Å². The van der Waals surface area contributed by atoms with Gasteiger partial charge in [0.2, 0.25) is 5.91 Å². The molecule has 0 spiro atoms. The first-order valence-electron chi connectivity index (χ1n) is 4.48. The van der Waals surface area contributed by atoms with Gasteiger partial charge in [-0.05, 0) is 0 Å². The molecular formula is C8H13F4NO3. The number of carbonyl (C=O) groups excluding carboxylic acids is 1. The molecule has 0 aliphatic heterocycles. The summed E-state index contributed by atoms with van der Waals surface area (Å²) in [5.74, 6) is -4.12. The summed E-state index contributed by atoms with van der Waals surface area (Å²) < 4.78 is 52.3. The van der Waals surface area contributed by atoms with Gasteiger partial charge >= 0.3 is 0 Å². The van der Waals surface area contributed by atoms with Crippen LogP contribution in [0.4, 0.5) is 17.6 Å². The maximum absolute atomic E-state index is 12.4. The first-order valence-corrected chi connectivity index (χ1v) is 4.48. The Morgan fingerprint density at radius 3 is 2.56 bits per heavy atom. The normalized spacial score (nSPS) is 11.9. The van der Waals surface area contributed by atoms with Gasteiger partial charge in [-0.15, -0.1) is 0 Å². The molecule has 4 nitrogen and oxygen atoms in total. The second-order valence-electron chi connectivity index (χ2n) is 3.01. The fourth-order valence-corrected chi connectivity index (χ4v) is 0.709. The second-order valence-corrected chi connectivity index (χ2v) is 3.01. The first kappa shape index (κ1) is 15.1. The predicted octanol–water partition coefficient (Wildman–Crippen LogP) is 0.402. The van der Waals surface area contributed by atoms with Crippen molar-refractivity contribution in [3.63, 3.8) is 0 Å². The molecule has 0 radical (unpaired) electrons. The molecule has 0 rings (SSSR count). The van der Waals surface area contributed by atoms with Crippen molar-refractivity contribution in [1.29, 1.82) is 0 Å². The van der Waals surface area contributed by atoms with Crippen LogP contribution in [0.3, 0.4) is 0 Å². The molecule has 0 unspecified atom stereocenters. The highest BCUT2D eigenvalue weighted by Crippen LogP contribution is 2.09. The molecule has 0 atom stereocenters. The van der Waals surface area contributed by atoms with Crippen LogP contribution in [0.15, 0.2) is 0 Å². The number of nitrogens with one attached hydrogen (secondary N) is 1. The number of ether oxygens (including phenoxy) is 1. The molecule has 1 amide bonds. The van der Waals surface area contributed by atoms with Crippen LogP contribution in [0.5, 0.6) is 0 Å². The summed E-state index contributed by atoms with van der Waals surface area (Å²) in [4.78, 5) is 10.9. The predicted molar refractivity (Wildman–Crippen MR) is 46.5 cm³/mol. The number of amides is 1. The van der Waals surface area contributed by atoms with Crippen LogP contribution in [0.1, 0.15) is 6.42 Å². The lowest BCUT2D eigenvalue weighted by Gasteiger charge is -2.13. The zero-order valence-corrected chi connectivity index (χ0v) is 8.39. The number of rotatable bonds is 8. The van der Waals surface area contributed by atoms with Crippen LogP contribution in [0, 0.1) is 0 Å². The minimum absolute atomic E-state index is 0.263. The van der Waals surface area contributed by atoms with E-state index in [1.165, 1.54) is 0 Å². The third kappa shape index (κ3) is 8.42. The number of aliphatic hydroxyl groups is 1. The van der Waals surface area contributed by atoms with Gasteiger partial charge in [0, 0.05) is 6.42 Å².